The quantitative estimate of drug-likeness (QED) is 0.827. The second-order valence-electron chi connectivity index (χ2n) is 6.61. The third-order valence-electron chi connectivity index (χ3n) is 4.62. The molecule has 1 N–H and O–H groups in total. The Morgan fingerprint density at radius 1 is 1.33 bits per heavy atom. The van der Waals surface area contributed by atoms with Gasteiger partial charge >= 0.3 is 0 Å². The fourth-order valence-corrected chi connectivity index (χ4v) is 4.09. The highest BCUT2D eigenvalue weighted by atomic mass is 32.2. The van der Waals surface area contributed by atoms with Crippen molar-refractivity contribution >= 4 is 11.8 Å². The van der Waals surface area contributed by atoms with Crippen molar-refractivity contribution in [2.75, 3.05) is 31.6 Å². The summed E-state index contributed by atoms with van der Waals surface area (Å²) in [7, 11) is 0. The van der Waals surface area contributed by atoms with E-state index in [9.17, 15) is 0 Å². The lowest BCUT2D eigenvalue weighted by molar-refractivity contribution is 0.0753. The second kappa shape index (κ2) is 6.62. The molecule has 0 aromatic rings. The molecule has 1 heterocycles. The van der Waals surface area contributed by atoms with Gasteiger partial charge in [0.15, 0.2) is 0 Å². The van der Waals surface area contributed by atoms with Crippen LogP contribution in [-0.2, 0) is 0 Å². The van der Waals surface area contributed by atoms with Gasteiger partial charge in [-0.15, -0.1) is 0 Å². The van der Waals surface area contributed by atoms with Crippen LogP contribution in [-0.4, -0.2) is 48.1 Å². The minimum absolute atomic E-state index is 0.478. The van der Waals surface area contributed by atoms with E-state index in [1.807, 2.05) is 11.8 Å². The highest BCUT2D eigenvalue weighted by Crippen LogP contribution is 2.34. The Kier molecular flexibility index (Phi) is 5.40. The minimum atomic E-state index is 0.478. The van der Waals surface area contributed by atoms with Crippen LogP contribution in [0.4, 0.5) is 0 Å². The molecule has 1 saturated heterocycles. The molecule has 1 aliphatic heterocycles. The Bertz CT molecular complexity index is 249. The first-order chi connectivity index (χ1) is 8.65. The zero-order valence-corrected chi connectivity index (χ0v) is 13.2. The molecule has 1 atom stereocenters. The first-order valence-electron chi connectivity index (χ1n) is 7.63. The average Bonchev–Trinajstić information content (AvgIpc) is 2.78. The van der Waals surface area contributed by atoms with Gasteiger partial charge in [-0.25, -0.2) is 0 Å². The maximum atomic E-state index is 3.91. The van der Waals surface area contributed by atoms with Crippen LogP contribution >= 0.6 is 11.8 Å². The lowest BCUT2D eigenvalue weighted by Gasteiger charge is -2.47. The molecule has 1 aliphatic carbocycles. The van der Waals surface area contributed by atoms with Crippen LogP contribution in [0.1, 0.15) is 46.0 Å². The van der Waals surface area contributed by atoms with Crippen LogP contribution in [0.25, 0.3) is 0 Å². The van der Waals surface area contributed by atoms with E-state index in [-0.39, 0.29) is 0 Å². The standard InChI is InChI=1S/C15H30N2S/c1-13(2)10-14-11-16-15(6-4-5-7-15)12-17(14)8-9-18-3/h13-14,16H,4-12H2,1-3H3. The molecule has 0 aromatic carbocycles. The van der Waals surface area contributed by atoms with Crippen LogP contribution in [0.2, 0.25) is 0 Å². The van der Waals surface area contributed by atoms with Gasteiger partial charge in [0.25, 0.3) is 0 Å². The lowest BCUT2D eigenvalue weighted by atomic mass is 9.90. The van der Waals surface area contributed by atoms with Gasteiger partial charge < -0.3 is 5.32 Å². The largest absolute Gasteiger partial charge is 0.308 e. The molecule has 18 heavy (non-hydrogen) atoms. The number of hydrogen-bond donors (Lipinski definition) is 1. The molecular formula is C15H30N2S. The van der Waals surface area contributed by atoms with E-state index in [1.54, 1.807) is 0 Å². The molecule has 1 saturated carbocycles. The minimum Gasteiger partial charge on any atom is -0.308 e. The van der Waals surface area contributed by atoms with Crippen molar-refractivity contribution in [1.82, 2.24) is 10.2 Å². The van der Waals surface area contributed by atoms with E-state index in [0.29, 0.717) is 5.54 Å². The number of piperazine rings is 1. The molecule has 2 fully saturated rings. The number of nitrogens with one attached hydrogen (secondary N) is 1. The number of nitrogens with zero attached hydrogens (tertiary/aromatic N) is 1. The van der Waals surface area contributed by atoms with Gasteiger partial charge in [0.1, 0.15) is 0 Å². The molecule has 2 aliphatic rings. The summed E-state index contributed by atoms with van der Waals surface area (Å²) in [6.07, 6.45) is 9.23. The fourth-order valence-electron chi connectivity index (χ4n) is 3.67. The first-order valence-corrected chi connectivity index (χ1v) is 9.03. The predicted molar refractivity (Wildman–Crippen MR) is 82.4 cm³/mol. The third kappa shape index (κ3) is 3.64. The SMILES string of the molecule is CSCCN1CC2(CCCC2)NCC1CC(C)C. The van der Waals surface area contributed by atoms with Crippen LogP contribution in [0.3, 0.4) is 0 Å². The van der Waals surface area contributed by atoms with Gasteiger partial charge in [-0.3, -0.25) is 4.90 Å². The Hall–Kier alpha value is 0.270. The average molecular weight is 270 g/mol. The maximum Gasteiger partial charge on any atom is 0.0309 e. The van der Waals surface area contributed by atoms with Crippen molar-refractivity contribution in [2.24, 2.45) is 5.92 Å². The third-order valence-corrected chi connectivity index (χ3v) is 5.21. The summed E-state index contributed by atoms with van der Waals surface area (Å²) in [5.74, 6) is 2.09. The van der Waals surface area contributed by atoms with Crippen molar-refractivity contribution in [3.05, 3.63) is 0 Å². The molecule has 0 radical (unpaired) electrons. The summed E-state index contributed by atoms with van der Waals surface area (Å²) >= 11 is 1.99. The monoisotopic (exact) mass is 270 g/mol. The van der Waals surface area contributed by atoms with Gasteiger partial charge in [-0.1, -0.05) is 26.7 Å². The molecule has 0 aromatic heterocycles. The normalized spacial score (nSPS) is 28.3. The smallest absolute Gasteiger partial charge is 0.0309 e. The molecule has 3 heteroatoms. The van der Waals surface area contributed by atoms with E-state index in [0.717, 1.165) is 12.0 Å². The highest BCUT2D eigenvalue weighted by Gasteiger charge is 2.40. The van der Waals surface area contributed by atoms with Crippen molar-refractivity contribution in [1.29, 1.82) is 0 Å². The fraction of sp³-hybridized carbons (Fsp3) is 1.00. The molecule has 1 spiro atoms. The van der Waals surface area contributed by atoms with Gasteiger partial charge in [-0.2, -0.15) is 11.8 Å². The Morgan fingerprint density at radius 2 is 2.06 bits per heavy atom. The Morgan fingerprint density at radius 3 is 2.67 bits per heavy atom. The van der Waals surface area contributed by atoms with Crippen LogP contribution in [0.15, 0.2) is 0 Å². The van der Waals surface area contributed by atoms with E-state index < -0.39 is 0 Å². The molecule has 0 bridgehead atoms. The number of thioether (sulfide) groups is 1. The molecule has 0 amide bonds. The number of hydrogen-bond acceptors (Lipinski definition) is 3. The zero-order valence-electron chi connectivity index (χ0n) is 12.4. The van der Waals surface area contributed by atoms with Crippen molar-refractivity contribution in [2.45, 2.75) is 57.5 Å². The zero-order chi connectivity index (χ0) is 13.0. The highest BCUT2D eigenvalue weighted by molar-refractivity contribution is 7.98. The van der Waals surface area contributed by atoms with Crippen molar-refractivity contribution in [3.8, 4) is 0 Å². The van der Waals surface area contributed by atoms with E-state index in [2.05, 4.69) is 30.3 Å². The van der Waals surface area contributed by atoms with Crippen LogP contribution < -0.4 is 5.32 Å². The van der Waals surface area contributed by atoms with E-state index >= 15 is 0 Å². The van der Waals surface area contributed by atoms with Gasteiger partial charge in [0, 0.05) is 37.0 Å². The van der Waals surface area contributed by atoms with Crippen LogP contribution in [0, 0.1) is 5.92 Å². The summed E-state index contributed by atoms with van der Waals surface area (Å²) < 4.78 is 0. The Balaban J connectivity index is 1.95. The van der Waals surface area contributed by atoms with Crippen molar-refractivity contribution in [3.63, 3.8) is 0 Å². The van der Waals surface area contributed by atoms with Crippen LogP contribution in [0.5, 0.6) is 0 Å². The van der Waals surface area contributed by atoms with Crippen molar-refractivity contribution < 1.29 is 0 Å². The molecule has 2 rings (SSSR count). The predicted octanol–water partition coefficient (Wildman–Crippen LogP) is 2.98. The molecular weight excluding hydrogens is 240 g/mol. The summed E-state index contributed by atoms with van der Waals surface area (Å²) in [6.45, 7) is 8.50. The molecule has 1 unspecified atom stereocenters. The van der Waals surface area contributed by atoms with Gasteiger partial charge in [0.2, 0.25) is 0 Å². The maximum absolute atomic E-state index is 3.91. The summed E-state index contributed by atoms with van der Waals surface area (Å²) in [4.78, 5) is 2.79. The first kappa shape index (κ1) is 14.7. The van der Waals surface area contributed by atoms with E-state index in [1.165, 1.54) is 57.5 Å². The summed E-state index contributed by atoms with van der Waals surface area (Å²) in [5.41, 5.74) is 0.478. The second-order valence-corrected chi connectivity index (χ2v) is 7.60. The van der Waals surface area contributed by atoms with Gasteiger partial charge in [-0.05, 0) is 31.4 Å². The number of rotatable bonds is 5. The summed E-state index contributed by atoms with van der Waals surface area (Å²) in [6, 6.07) is 0.767. The Labute approximate surface area is 117 Å². The molecule has 2 nitrogen and oxygen atoms in total. The topological polar surface area (TPSA) is 15.3 Å². The summed E-state index contributed by atoms with van der Waals surface area (Å²) in [5, 5.41) is 3.91. The van der Waals surface area contributed by atoms with E-state index in [4.69, 9.17) is 0 Å². The van der Waals surface area contributed by atoms with Gasteiger partial charge in [0.05, 0.1) is 0 Å². The lowest BCUT2D eigenvalue weighted by Crippen LogP contribution is -2.63. The molecule has 106 valence electrons.